The van der Waals surface area contributed by atoms with Crippen LogP contribution in [0.3, 0.4) is 0 Å². The predicted molar refractivity (Wildman–Crippen MR) is 118 cm³/mol. The van der Waals surface area contributed by atoms with E-state index in [1.54, 1.807) is 47.2 Å². The summed E-state index contributed by atoms with van der Waals surface area (Å²) < 4.78 is 1.71. The van der Waals surface area contributed by atoms with Crippen molar-refractivity contribution in [3.8, 4) is 5.69 Å². The minimum Gasteiger partial charge on any atom is -0.478 e. The number of urea groups is 1. The second-order valence-corrected chi connectivity index (χ2v) is 7.46. The zero-order valence-corrected chi connectivity index (χ0v) is 17.3. The van der Waals surface area contributed by atoms with Gasteiger partial charge in [0.2, 0.25) is 0 Å². The first kappa shape index (κ1) is 20.8. The van der Waals surface area contributed by atoms with Crippen LogP contribution in [0.1, 0.15) is 27.2 Å². The average Bonchev–Trinajstić information content (AvgIpc) is 3.18. The lowest BCUT2D eigenvalue weighted by atomic mass is 10.1. The maximum absolute atomic E-state index is 13.2. The Bertz CT molecular complexity index is 1280. The molecule has 1 saturated heterocycles. The number of carbonyl (C=O) groups excluding carboxylic acids is 3. The largest absolute Gasteiger partial charge is 0.478 e. The number of barbiturate groups is 1. The van der Waals surface area contributed by atoms with Gasteiger partial charge in [0.1, 0.15) is 5.57 Å². The molecular weight excluding hydrogens is 410 g/mol. The summed E-state index contributed by atoms with van der Waals surface area (Å²) in [5.41, 5.74) is 3.25. The van der Waals surface area contributed by atoms with Gasteiger partial charge in [0.15, 0.2) is 0 Å². The summed E-state index contributed by atoms with van der Waals surface area (Å²) in [6.45, 7) is 3.71. The standard InChI is InChI=1S/C24H19N3O5/c1-14-10-15(2)12-19(11-14)27-22(29)20(21(28)25-24(27)32)13-18-4-3-9-26(18)17-7-5-16(6-8-17)23(30)31/h3-13H,1-2H3,(H,30,31)(H,25,28,32)/b20-13+. The first-order valence-corrected chi connectivity index (χ1v) is 9.75. The Morgan fingerprint density at radius 2 is 1.59 bits per heavy atom. The summed E-state index contributed by atoms with van der Waals surface area (Å²) in [4.78, 5) is 50.1. The molecule has 1 aliphatic heterocycles. The molecule has 1 aliphatic rings. The molecule has 0 bridgehead atoms. The molecule has 2 aromatic carbocycles. The number of aryl methyl sites for hydroxylation is 2. The number of amides is 4. The number of anilines is 1. The minimum absolute atomic E-state index is 0.144. The maximum Gasteiger partial charge on any atom is 0.335 e. The molecule has 0 spiro atoms. The molecule has 1 fully saturated rings. The Kier molecular flexibility index (Phi) is 5.19. The highest BCUT2D eigenvalue weighted by atomic mass is 16.4. The summed E-state index contributed by atoms with van der Waals surface area (Å²) in [5.74, 6) is -2.54. The summed E-state index contributed by atoms with van der Waals surface area (Å²) in [6, 6.07) is 14.1. The first-order valence-electron chi connectivity index (χ1n) is 9.75. The van der Waals surface area contributed by atoms with Crippen LogP contribution in [0.5, 0.6) is 0 Å². The summed E-state index contributed by atoms with van der Waals surface area (Å²) in [7, 11) is 0. The fraction of sp³-hybridized carbons (Fsp3) is 0.0833. The van der Waals surface area contributed by atoms with Crippen LogP contribution in [-0.2, 0) is 9.59 Å². The van der Waals surface area contributed by atoms with Crippen molar-refractivity contribution in [2.75, 3.05) is 4.90 Å². The zero-order chi connectivity index (χ0) is 23.0. The van der Waals surface area contributed by atoms with Gasteiger partial charge in [-0.3, -0.25) is 14.9 Å². The van der Waals surface area contributed by atoms with Gasteiger partial charge in [-0.25, -0.2) is 14.5 Å². The molecule has 3 aromatic rings. The van der Waals surface area contributed by atoms with Crippen LogP contribution in [0.25, 0.3) is 11.8 Å². The van der Waals surface area contributed by atoms with Gasteiger partial charge in [-0.15, -0.1) is 0 Å². The Labute approximate surface area is 183 Å². The third kappa shape index (κ3) is 3.81. The smallest absolute Gasteiger partial charge is 0.335 e. The number of hydrogen-bond acceptors (Lipinski definition) is 4. The molecule has 160 valence electrons. The summed E-state index contributed by atoms with van der Waals surface area (Å²) in [5, 5.41) is 11.3. The van der Waals surface area contributed by atoms with Crippen molar-refractivity contribution in [2.24, 2.45) is 0 Å². The lowest BCUT2D eigenvalue weighted by molar-refractivity contribution is -0.122. The predicted octanol–water partition coefficient (Wildman–Crippen LogP) is 3.46. The SMILES string of the molecule is Cc1cc(C)cc(N2C(=O)NC(=O)/C(=C\c3cccn3-c3ccc(C(=O)O)cc3)C2=O)c1. The lowest BCUT2D eigenvalue weighted by Gasteiger charge is -2.27. The van der Waals surface area contributed by atoms with E-state index in [4.69, 9.17) is 5.11 Å². The van der Waals surface area contributed by atoms with Gasteiger partial charge in [0.25, 0.3) is 11.8 Å². The van der Waals surface area contributed by atoms with E-state index in [0.717, 1.165) is 16.0 Å². The van der Waals surface area contributed by atoms with Crippen molar-refractivity contribution in [1.29, 1.82) is 0 Å². The third-order valence-electron chi connectivity index (χ3n) is 5.03. The Balaban J connectivity index is 1.73. The second kappa shape index (κ2) is 7.99. The van der Waals surface area contributed by atoms with Crippen molar-refractivity contribution in [3.63, 3.8) is 0 Å². The number of benzene rings is 2. The van der Waals surface area contributed by atoms with E-state index in [9.17, 15) is 19.2 Å². The number of aromatic carboxylic acids is 1. The number of nitrogens with one attached hydrogen (secondary N) is 1. The van der Waals surface area contributed by atoms with Crippen LogP contribution >= 0.6 is 0 Å². The Hall–Kier alpha value is -4.46. The number of nitrogens with zero attached hydrogens (tertiary/aromatic N) is 2. The fourth-order valence-electron chi connectivity index (χ4n) is 3.63. The molecule has 8 heteroatoms. The number of rotatable bonds is 4. The van der Waals surface area contributed by atoms with Crippen LogP contribution in [0.2, 0.25) is 0 Å². The van der Waals surface area contributed by atoms with Crippen LogP contribution in [-0.4, -0.2) is 33.5 Å². The highest BCUT2D eigenvalue weighted by Crippen LogP contribution is 2.25. The Morgan fingerprint density at radius 3 is 2.22 bits per heavy atom. The molecule has 2 N–H and O–H groups in total. The van der Waals surface area contributed by atoms with E-state index in [1.807, 2.05) is 19.9 Å². The molecule has 1 aromatic heterocycles. The van der Waals surface area contributed by atoms with E-state index in [0.29, 0.717) is 17.1 Å². The van der Waals surface area contributed by atoms with E-state index >= 15 is 0 Å². The fourth-order valence-corrected chi connectivity index (χ4v) is 3.63. The molecule has 32 heavy (non-hydrogen) atoms. The molecule has 2 heterocycles. The van der Waals surface area contributed by atoms with Gasteiger partial charge < -0.3 is 9.67 Å². The third-order valence-corrected chi connectivity index (χ3v) is 5.03. The number of carboxylic acid groups (broad SMARTS) is 1. The zero-order valence-electron chi connectivity index (χ0n) is 17.3. The minimum atomic E-state index is -1.04. The van der Waals surface area contributed by atoms with Crippen LogP contribution in [0.4, 0.5) is 10.5 Å². The molecule has 0 radical (unpaired) electrons. The molecule has 0 aliphatic carbocycles. The number of carbonyl (C=O) groups is 4. The molecule has 8 nitrogen and oxygen atoms in total. The number of aromatic nitrogens is 1. The molecule has 0 saturated carbocycles. The Morgan fingerprint density at radius 1 is 0.938 bits per heavy atom. The highest BCUT2D eigenvalue weighted by molar-refractivity contribution is 6.39. The lowest BCUT2D eigenvalue weighted by Crippen LogP contribution is -2.54. The van der Waals surface area contributed by atoms with Gasteiger partial charge in [0.05, 0.1) is 11.3 Å². The average molecular weight is 429 g/mol. The van der Waals surface area contributed by atoms with Crippen LogP contribution in [0, 0.1) is 13.8 Å². The summed E-state index contributed by atoms with van der Waals surface area (Å²) >= 11 is 0. The van der Waals surface area contributed by atoms with Crippen molar-refractivity contribution in [2.45, 2.75) is 13.8 Å². The van der Waals surface area contributed by atoms with Crippen LogP contribution in [0.15, 0.2) is 66.4 Å². The van der Waals surface area contributed by atoms with Gasteiger partial charge in [-0.05, 0) is 79.6 Å². The van der Waals surface area contributed by atoms with Crippen molar-refractivity contribution in [3.05, 3.63) is 88.8 Å². The normalized spacial score (nSPS) is 15.2. The molecule has 0 atom stereocenters. The van der Waals surface area contributed by atoms with Gasteiger partial charge in [-0.2, -0.15) is 0 Å². The number of carboxylic acids is 1. The van der Waals surface area contributed by atoms with E-state index in [1.165, 1.54) is 18.2 Å². The van der Waals surface area contributed by atoms with Gasteiger partial charge in [-0.1, -0.05) is 6.07 Å². The molecule has 4 rings (SSSR count). The maximum atomic E-state index is 13.2. The monoisotopic (exact) mass is 429 g/mol. The summed E-state index contributed by atoms with van der Waals surface area (Å²) in [6.07, 6.45) is 3.13. The quantitative estimate of drug-likeness (QED) is 0.488. The van der Waals surface area contributed by atoms with Crippen molar-refractivity contribution in [1.82, 2.24) is 9.88 Å². The van der Waals surface area contributed by atoms with E-state index < -0.39 is 23.8 Å². The number of hydrogen-bond donors (Lipinski definition) is 2. The van der Waals surface area contributed by atoms with Gasteiger partial charge >= 0.3 is 12.0 Å². The van der Waals surface area contributed by atoms with Crippen molar-refractivity contribution >= 4 is 35.6 Å². The molecule has 0 unspecified atom stereocenters. The van der Waals surface area contributed by atoms with Crippen LogP contribution < -0.4 is 10.2 Å². The molecular formula is C24H19N3O5. The van der Waals surface area contributed by atoms with Gasteiger partial charge in [0, 0.05) is 17.6 Å². The first-order chi connectivity index (χ1) is 15.2. The van der Waals surface area contributed by atoms with Crippen molar-refractivity contribution < 1.29 is 24.3 Å². The van der Waals surface area contributed by atoms with E-state index in [-0.39, 0.29) is 11.1 Å². The van der Waals surface area contributed by atoms with E-state index in [2.05, 4.69) is 5.32 Å². The second-order valence-electron chi connectivity index (χ2n) is 7.46. The molecule has 4 amide bonds. The topological polar surface area (TPSA) is 109 Å². The number of imide groups is 2. The highest BCUT2D eigenvalue weighted by Gasteiger charge is 2.37.